The number of ether oxygens (including phenoxy) is 1. The summed E-state index contributed by atoms with van der Waals surface area (Å²) in [5.74, 6) is -0.188. The second-order valence-corrected chi connectivity index (χ2v) is 7.58. The predicted octanol–water partition coefficient (Wildman–Crippen LogP) is 1.68. The summed E-state index contributed by atoms with van der Waals surface area (Å²) >= 11 is 1.55. The Kier molecular flexibility index (Phi) is 5.92. The lowest BCUT2D eigenvalue weighted by Crippen LogP contribution is -2.24. The van der Waals surface area contributed by atoms with Crippen molar-refractivity contribution in [2.75, 3.05) is 7.11 Å². The molecule has 0 spiro atoms. The minimum Gasteiger partial charge on any atom is -0.496 e. The number of carbonyl (C=O) groups excluding carboxylic acids is 1. The normalized spacial score (nSPS) is 11.3. The number of nitrogens with one attached hydrogen (secondary N) is 1. The zero-order valence-corrected chi connectivity index (χ0v) is 15.0. The van der Waals surface area contributed by atoms with Crippen LogP contribution in [0.4, 0.5) is 0 Å². The quantitative estimate of drug-likeness (QED) is 0.771. The fourth-order valence-corrected chi connectivity index (χ4v) is 3.51. The van der Waals surface area contributed by atoms with Crippen molar-refractivity contribution in [2.45, 2.75) is 31.2 Å². The number of sulfonamides is 1. The van der Waals surface area contributed by atoms with E-state index in [2.05, 4.69) is 17.2 Å². The predicted molar refractivity (Wildman–Crippen MR) is 91.6 cm³/mol. The molecule has 0 atom stereocenters. The van der Waals surface area contributed by atoms with Crippen molar-refractivity contribution in [1.82, 2.24) is 10.3 Å². The molecule has 2 rings (SSSR count). The summed E-state index contributed by atoms with van der Waals surface area (Å²) in [5.41, 5.74) is 0.867. The molecular formula is C15H19N3O4S2. The maximum absolute atomic E-state index is 12.4. The van der Waals surface area contributed by atoms with Crippen LogP contribution in [-0.2, 0) is 23.0 Å². The van der Waals surface area contributed by atoms with Gasteiger partial charge >= 0.3 is 0 Å². The minimum atomic E-state index is -3.90. The van der Waals surface area contributed by atoms with Gasteiger partial charge in [0, 0.05) is 5.38 Å². The van der Waals surface area contributed by atoms with Crippen LogP contribution in [0.1, 0.15) is 34.4 Å². The monoisotopic (exact) mass is 369 g/mol. The Morgan fingerprint density at radius 3 is 2.79 bits per heavy atom. The van der Waals surface area contributed by atoms with Gasteiger partial charge in [0.1, 0.15) is 5.75 Å². The molecular weight excluding hydrogens is 350 g/mol. The number of aryl methyl sites for hydroxylation is 1. The van der Waals surface area contributed by atoms with Crippen molar-refractivity contribution in [3.05, 3.63) is 39.8 Å². The zero-order chi connectivity index (χ0) is 17.7. The van der Waals surface area contributed by atoms with Crippen molar-refractivity contribution in [2.24, 2.45) is 5.14 Å². The van der Waals surface area contributed by atoms with Crippen LogP contribution in [-0.4, -0.2) is 26.4 Å². The molecule has 1 amide bonds. The van der Waals surface area contributed by atoms with Gasteiger partial charge in [0.05, 0.1) is 34.8 Å². The fourth-order valence-electron chi connectivity index (χ4n) is 2.07. The van der Waals surface area contributed by atoms with E-state index in [0.717, 1.165) is 23.5 Å². The molecule has 130 valence electrons. The summed E-state index contributed by atoms with van der Waals surface area (Å²) in [5, 5.41) is 10.7. The number of nitrogens with two attached hydrogens (primary N) is 1. The SMILES string of the molecule is CCCc1nc(CNC(=O)c2cc(S(N)(=O)=O)ccc2OC)cs1. The van der Waals surface area contributed by atoms with E-state index in [9.17, 15) is 13.2 Å². The van der Waals surface area contributed by atoms with Crippen molar-refractivity contribution < 1.29 is 17.9 Å². The Labute approximate surface area is 144 Å². The van der Waals surface area contributed by atoms with Crippen LogP contribution in [0, 0.1) is 0 Å². The largest absolute Gasteiger partial charge is 0.496 e. The molecule has 3 N–H and O–H groups in total. The number of amides is 1. The Morgan fingerprint density at radius 1 is 1.42 bits per heavy atom. The van der Waals surface area contributed by atoms with Gasteiger partial charge in [-0.25, -0.2) is 18.5 Å². The molecule has 9 heteroatoms. The molecule has 0 aliphatic rings. The molecule has 2 aromatic rings. The van der Waals surface area contributed by atoms with Gasteiger partial charge in [-0.15, -0.1) is 11.3 Å². The van der Waals surface area contributed by atoms with E-state index in [1.807, 2.05) is 5.38 Å². The first-order valence-corrected chi connectivity index (χ1v) is 9.70. The summed E-state index contributed by atoms with van der Waals surface area (Å²) < 4.78 is 28.0. The molecule has 1 aromatic heterocycles. The second-order valence-electron chi connectivity index (χ2n) is 5.07. The summed E-state index contributed by atoms with van der Waals surface area (Å²) in [6.45, 7) is 2.33. The van der Waals surface area contributed by atoms with Crippen LogP contribution < -0.4 is 15.2 Å². The maximum Gasteiger partial charge on any atom is 0.255 e. The first-order chi connectivity index (χ1) is 11.3. The summed E-state index contributed by atoms with van der Waals surface area (Å²) in [7, 11) is -2.50. The molecule has 0 saturated heterocycles. The highest BCUT2D eigenvalue weighted by molar-refractivity contribution is 7.89. The van der Waals surface area contributed by atoms with E-state index in [4.69, 9.17) is 9.88 Å². The number of thiazole rings is 1. The van der Waals surface area contributed by atoms with Crippen LogP contribution in [0.25, 0.3) is 0 Å². The van der Waals surface area contributed by atoms with E-state index in [1.54, 1.807) is 11.3 Å². The van der Waals surface area contributed by atoms with E-state index in [1.165, 1.54) is 25.3 Å². The third-order valence-corrected chi connectivity index (χ3v) is 5.11. The average Bonchev–Trinajstić information content (AvgIpc) is 2.99. The molecule has 0 unspecified atom stereocenters. The maximum atomic E-state index is 12.4. The van der Waals surface area contributed by atoms with E-state index < -0.39 is 15.9 Å². The third kappa shape index (κ3) is 4.53. The third-order valence-electron chi connectivity index (χ3n) is 3.24. The zero-order valence-electron chi connectivity index (χ0n) is 13.4. The van der Waals surface area contributed by atoms with Gasteiger partial charge in [-0.3, -0.25) is 4.79 Å². The molecule has 0 bridgehead atoms. The van der Waals surface area contributed by atoms with E-state index in [-0.39, 0.29) is 22.8 Å². The molecule has 1 aromatic carbocycles. The second kappa shape index (κ2) is 7.73. The van der Waals surface area contributed by atoms with Gasteiger partial charge in [-0.1, -0.05) is 6.92 Å². The van der Waals surface area contributed by atoms with Crippen LogP contribution in [0.3, 0.4) is 0 Å². The van der Waals surface area contributed by atoms with Crippen molar-refractivity contribution in [3.63, 3.8) is 0 Å². The van der Waals surface area contributed by atoms with Crippen LogP contribution in [0.2, 0.25) is 0 Å². The average molecular weight is 369 g/mol. The number of nitrogens with zero attached hydrogens (tertiary/aromatic N) is 1. The number of methoxy groups -OCH3 is 1. The number of rotatable bonds is 7. The van der Waals surface area contributed by atoms with Crippen molar-refractivity contribution >= 4 is 27.3 Å². The van der Waals surface area contributed by atoms with Crippen molar-refractivity contribution in [1.29, 1.82) is 0 Å². The Bertz CT molecular complexity index is 831. The van der Waals surface area contributed by atoms with E-state index >= 15 is 0 Å². The topological polar surface area (TPSA) is 111 Å². The smallest absolute Gasteiger partial charge is 0.255 e. The number of aromatic nitrogens is 1. The molecule has 7 nitrogen and oxygen atoms in total. The lowest BCUT2D eigenvalue weighted by molar-refractivity contribution is 0.0947. The van der Waals surface area contributed by atoms with Gasteiger partial charge in [0.25, 0.3) is 5.91 Å². The Morgan fingerprint density at radius 2 is 2.17 bits per heavy atom. The molecule has 0 saturated carbocycles. The lowest BCUT2D eigenvalue weighted by atomic mass is 10.2. The van der Waals surface area contributed by atoms with Gasteiger partial charge in [-0.05, 0) is 31.0 Å². The highest BCUT2D eigenvalue weighted by Gasteiger charge is 2.17. The van der Waals surface area contributed by atoms with Crippen LogP contribution >= 0.6 is 11.3 Å². The minimum absolute atomic E-state index is 0.105. The molecule has 0 aliphatic carbocycles. The molecule has 0 fully saturated rings. The summed E-state index contributed by atoms with van der Waals surface area (Å²) in [4.78, 5) is 16.6. The number of carbonyl (C=O) groups is 1. The van der Waals surface area contributed by atoms with Gasteiger partial charge < -0.3 is 10.1 Å². The highest BCUT2D eigenvalue weighted by Crippen LogP contribution is 2.22. The van der Waals surface area contributed by atoms with E-state index in [0.29, 0.717) is 0 Å². The molecule has 0 aliphatic heterocycles. The number of hydrogen-bond donors (Lipinski definition) is 2. The Balaban J connectivity index is 2.15. The lowest BCUT2D eigenvalue weighted by Gasteiger charge is -2.10. The van der Waals surface area contributed by atoms with Crippen LogP contribution in [0.5, 0.6) is 5.75 Å². The standard InChI is InChI=1S/C15H19N3O4S2/c1-3-4-14-18-10(9-23-14)8-17-15(19)12-7-11(24(16,20)21)5-6-13(12)22-2/h5-7,9H,3-4,8H2,1-2H3,(H,17,19)(H2,16,20,21). The Hall–Kier alpha value is -1.97. The number of benzene rings is 1. The van der Waals surface area contributed by atoms with Gasteiger partial charge in [-0.2, -0.15) is 0 Å². The van der Waals surface area contributed by atoms with Gasteiger partial charge in [0.15, 0.2) is 0 Å². The van der Waals surface area contributed by atoms with Crippen LogP contribution in [0.15, 0.2) is 28.5 Å². The fraction of sp³-hybridized carbons (Fsp3) is 0.333. The summed E-state index contributed by atoms with van der Waals surface area (Å²) in [6, 6.07) is 3.90. The molecule has 1 heterocycles. The van der Waals surface area contributed by atoms with Gasteiger partial charge in [0.2, 0.25) is 10.0 Å². The molecule has 24 heavy (non-hydrogen) atoms. The highest BCUT2D eigenvalue weighted by atomic mass is 32.2. The first-order valence-electron chi connectivity index (χ1n) is 7.27. The first kappa shape index (κ1) is 18.4. The molecule has 0 radical (unpaired) electrons. The summed E-state index contributed by atoms with van der Waals surface area (Å²) in [6.07, 6.45) is 1.92. The number of primary sulfonamides is 1. The number of hydrogen-bond acceptors (Lipinski definition) is 6. The van der Waals surface area contributed by atoms with Crippen molar-refractivity contribution in [3.8, 4) is 5.75 Å².